The third-order valence-corrected chi connectivity index (χ3v) is 2.93. The minimum absolute atomic E-state index is 0.914. The molecular weight excluding hydrogens is 220 g/mol. The molecule has 0 amide bonds. The fraction of sp³-hybridized carbons (Fsp3) is 0.500. The van der Waals surface area contributed by atoms with Crippen LogP contribution in [0.15, 0.2) is 48.4 Å². The van der Waals surface area contributed by atoms with Crippen LogP contribution in [0.3, 0.4) is 0 Å². The predicted molar refractivity (Wildman–Crippen MR) is 82.1 cm³/mol. The van der Waals surface area contributed by atoms with Gasteiger partial charge in [-0.1, -0.05) is 51.2 Å². The van der Waals surface area contributed by atoms with Crippen molar-refractivity contribution in [3.63, 3.8) is 0 Å². The van der Waals surface area contributed by atoms with E-state index in [-0.39, 0.29) is 0 Å². The van der Waals surface area contributed by atoms with Gasteiger partial charge < -0.3 is 10.6 Å². The van der Waals surface area contributed by atoms with Crippen LogP contribution in [-0.4, -0.2) is 18.0 Å². The third kappa shape index (κ3) is 6.33. The number of nitrogens with two attached hydrogens (primary N) is 1. The van der Waals surface area contributed by atoms with E-state index in [0.717, 1.165) is 19.5 Å². The van der Waals surface area contributed by atoms with Gasteiger partial charge >= 0.3 is 0 Å². The van der Waals surface area contributed by atoms with Crippen LogP contribution in [-0.2, 0) is 0 Å². The summed E-state index contributed by atoms with van der Waals surface area (Å²) in [5.74, 6) is 0. The van der Waals surface area contributed by atoms with Gasteiger partial charge in [0.05, 0.1) is 0 Å². The van der Waals surface area contributed by atoms with Crippen molar-refractivity contribution < 1.29 is 0 Å². The second-order valence-electron chi connectivity index (χ2n) is 4.25. The maximum Gasteiger partial charge on any atom is 0.0423 e. The molecule has 102 valence electrons. The summed E-state index contributed by atoms with van der Waals surface area (Å²) >= 11 is 0. The number of hydrogen-bond acceptors (Lipinski definition) is 2. The van der Waals surface area contributed by atoms with Gasteiger partial charge in [-0.3, -0.25) is 0 Å². The summed E-state index contributed by atoms with van der Waals surface area (Å²) in [5, 5.41) is 0. The lowest BCUT2D eigenvalue weighted by Gasteiger charge is -2.27. The molecule has 2 nitrogen and oxygen atoms in total. The Morgan fingerprint density at radius 3 is 2.50 bits per heavy atom. The minimum atomic E-state index is 0.914. The summed E-state index contributed by atoms with van der Waals surface area (Å²) in [7, 11) is 0. The smallest absolute Gasteiger partial charge is 0.0423 e. The Balaban J connectivity index is 4.75. The van der Waals surface area contributed by atoms with Crippen LogP contribution in [0.2, 0.25) is 0 Å². The molecule has 2 heteroatoms. The first-order valence-electron chi connectivity index (χ1n) is 6.83. The van der Waals surface area contributed by atoms with Gasteiger partial charge in [0.15, 0.2) is 0 Å². The van der Waals surface area contributed by atoms with Gasteiger partial charge in [-0.25, -0.2) is 0 Å². The highest BCUT2D eigenvalue weighted by Crippen LogP contribution is 2.13. The molecule has 0 radical (unpaired) electrons. The zero-order chi connectivity index (χ0) is 13.8. The zero-order valence-electron chi connectivity index (χ0n) is 12.2. The highest BCUT2D eigenvalue weighted by atomic mass is 15.1. The van der Waals surface area contributed by atoms with Gasteiger partial charge in [-0.05, 0) is 25.3 Å². The van der Waals surface area contributed by atoms with E-state index in [2.05, 4.69) is 44.4 Å². The van der Waals surface area contributed by atoms with Gasteiger partial charge in [0.2, 0.25) is 0 Å². The normalized spacial score (nSPS) is 13.1. The summed E-state index contributed by atoms with van der Waals surface area (Å²) in [6.07, 6.45) is 13.1. The molecule has 0 spiro atoms. The third-order valence-electron chi connectivity index (χ3n) is 2.93. The summed E-state index contributed by atoms with van der Waals surface area (Å²) < 4.78 is 0. The van der Waals surface area contributed by atoms with Crippen LogP contribution < -0.4 is 5.73 Å². The van der Waals surface area contributed by atoms with E-state index in [1.165, 1.54) is 24.1 Å². The fourth-order valence-corrected chi connectivity index (χ4v) is 1.77. The molecule has 0 atom stereocenters. The lowest BCUT2D eigenvalue weighted by atomic mass is 10.1. The molecule has 18 heavy (non-hydrogen) atoms. The molecule has 0 aromatic heterocycles. The van der Waals surface area contributed by atoms with E-state index in [4.69, 9.17) is 5.73 Å². The van der Waals surface area contributed by atoms with Crippen molar-refractivity contribution in [3.05, 3.63) is 48.4 Å². The molecule has 0 aromatic rings. The summed E-state index contributed by atoms with van der Waals surface area (Å²) in [6.45, 7) is 12.1. The summed E-state index contributed by atoms with van der Waals surface area (Å²) in [5.41, 5.74) is 8.22. The summed E-state index contributed by atoms with van der Waals surface area (Å²) in [4.78, 5) is 2.37. The zero-order valence-corrected chi connectivity index (χ0v) is 12.2. The predicted octanol–water partition coefficient (Wildman–Crippen LogP) is 3.99. The first-order valence-corrected chi connectivity index (χ1v) is 6.83. The molecule has 0 aliphatic rings. The molecule has 0 saturated carbocycles. The van der Waals surface area contributed by atoms with Crippen molar-refractivity contribution >= 4 is 0 Å². The van der Waals surface area contributed by atoms with E-state index in [1.807, 2.05) is 6.08 Å². The number of rotatable bonds is 9. The second kappa shape index (κ2) is 10.7. The quantitative estimate of drug-likeness (QED) is 0.625. The molecule has 0 saturated heterocycles. The maximum absolute atomic E-state index is 5.72. The number of unbranched alkanes of at least 4 members (excludes halogenated alkanes) is 1. The minimum Gasteiger partial charge on any atom is -0.403 e. The van der Waals surface area contributed by atoms with Crippen molar-refractivity contribution in [2.24, 2.45) is 5.73 Å². The van der Waals surface area contributed by atoms with Crippen LogP contribution in [0.4, 0.5) is 0 Å². The van der Waals surface area contributed by atoms with Gasteiger partial charge in [0.25, 0.3) is 0 Å². The van der Waals surface area contributed by atoms with Gasteiger partial charge in [-0.15, -0.1) is 0 Å². The number of nitrogens with zero attached hydrogens (tertiary/aromatic N) is 1. The molecule has 2 N–H and O–H groups in total. The molecule has 0 unspecified atom stereocenters. The average molecular weight is 248 g/mol. The Hall–Kier alpha value is -1.44. The van der Waals surface area contributed by atoms with Crippen molar-refractivity contribution in [3.8, 4) is 0 Å². The molecular formula is C16H28N2. The van der Waals surface area contributed by atoms with Crippen LogP contribution >= 0.6 is 0 Å². The van der Waals surface area contributed by atoms with E-state index in [0.29, 0.717) is 0 Å². The van der Waals surface area contributed by atoms with E-state index < -0.39 is 0 Å². The van der Waals surface area contributed by atoms with Crippen molar-refractivity contribution in [2.45, 2.75) is 40.0 Å². The second-order valence-corrected chi connectivity index (χ2v) is 4.25. The topological polar surface area (TPSA) is 29.3 Å². The number of allylic oxidation sites excluding steroid dienone is 4. The van der Waals surface area contributed by atoms with Crippen LogP contribution in [0.5, 0.6) is 0 Å². The molecule has 0 heterocycles. The van der Waals surface area contributed by atoms with Crippen LogP contribution in [0, 0.1) is 0 Å². The van der Waals surface area contributed by atoms with Crippen molar-refractivity contribution in [2.75, 3.05) is 13.1 Å². The first kappa shape index (κ1) is 16.6. The Labute approximate surface area is 113 Å². The van der Waals surface area contributed by atoms with Crippen LogP contribution in [0.25, 0.3) is 0 Å². The van der Waals surface area contributed by atoms with E-state index in [1.54, 1.807) is 12.3 Å². The fourth-order valence-electron chi connectivity index (χ4n) is 1.77. The highest BCUT2D eigenvalue weighted by molar-refractivity contribution is 5.23. The molecule has 0 rings (SSSR count). The lowest BCUT2D eigenvalue weighted by molar-refractivity contribution is 0.355. The number of hydrogen-bond donors (Lipinski definition) is 1. The highest BCUT2D eigenvalue weighted by Gasteiger charge is 2.08. The van der Waals surface area contributed by atoms with Gasteiger partial charge in [0.1, 0.15) is 0 Å². The van der Waals surface area contributed by atoms with Crippen molar-refractivity contribution in [1.29, 1.82) is 0 Å². The Morgan fingerprint density at radius 2 is 2.06 bits per heavy atom. The molecule has 0 fully saturated rings. The standard InChI is InChI=1S/C16H28N2/c1-5-9-11-15(7-3)14-18(12-10-6-2)16(8-4)13-17/h5,7,9,11,13H,1,6,8,10,12,14,17H2,2-4H3/b11-9-,15-7+,16-13-. The Kier molecular flexibility index (Phi) is 9.84. The van der Waals surface area contributed by atoms with E-state index >= 15 is 0 Å². The lowest BCUT2D eigenvalue weighted by Crippen LogP contribution is -2.26. The molecule has 0 aliphatic heterocycles. The van der Waals surface area contributed by atoms with Crippen molar-refractivity contribution in [1.82, 2.24) is 4.90 Å². The van der Waals surface area contributed by atoms with E-state index in [9.17, 15) is 0 Å². The maximum atomic E-state index is 5.72. The SMILES string of the molecule is C=C/C=C\C(=C/C)CN(CCCC)/C(=C\N)CC. The molecule has 0 bridgehead atoms. The largest absolute Gasteiger partial charge is 0.403 e. The van der Waals surface area contributed by atoms with Gasteiger partial charge in [-0.2, -0.15) is 0 Å². The molecule has 0 aromatic carbocycles. The van der Waals surface area contributed by atoms with Crippen LogP contribution in [0.1, 0.15) is 40.0 Å². The first-order chi connectivity index (χ1) is 8.73. The monoisotopic (exact) mass is 248 g/mol. The Morgan fingerprint density at radius 1 is 1.33 bits per heavy atom. The summed E-state index contributed by atoms with van der Waals surface area (Å²) in [6, 6.07) is 0. The van der Waals surface area contributed by atoms with Gasteiger partial charge in [0, 0.05) is 25.0 Å². The Bertz CT molecular complexity index is 311. The average Bonchev–Trinajstić information content (AvgIpc) is 2.41. The molecule has 0 aliphatic carbocycles.